The topological polar surface area (TPSA) is 23.8 Å². The van der Waals surface area contributed by atoms with Crippen LogP contribution in [-0.2, 0) is 5.33 Å². The minimum absolute atomic E-state index is 0.886. The van der Waals surface area contributed by atoms with E-state index in [-0.39, 0.29) is 0 Å². The summed E-state index contributed by atoms with van der Waals surface area (Å²) < 4.78 is 0. The van der Waals surface area contributed by atoms with E-state index >= 15 is 0 Å². The van der Waals surface area contributed by atoms with Gasteiger partial charge < -0.3 is 0 Å². The molecule has 16 heavy (non-hydrogen) atoms. The molecule has 0 spiro atoms. The molecule has 0 aliphatic heterocycles. The second-order valence-electron chi connectivity index (χ2n) is 4.11. The van der Waals surface area contributed by atoms with Crippen molar-refractivity contribution in [2.75, 3.05) is 0 Å². The van der Waals surface area contributed by atoms with Gasteiger partial charge in [-0.05, 0) is 42.4 Å². The van der Waals surface area contributed by atoms with E-state index in [9.17, 15) is 0 Å². The normalized spacial score (nSPS) is 16.0. The number of rotatable bonds is 2. The maximum Gasteiger partial charge on any atom is 0.0950 e. The highest BCUT2D eigenvalue weighted by Crippen LogP contribution is 2.32. The van der Waals surface area contributed by atoms with Crippen LogP contribution < -0.4 is 0 Å². The van der Waals surface area contributed by atoms with Crippen molar-refractivity contribution in [2.45, 2.75) is 31.0 Å². The molecule has 0 saturated carbocycles. The Labute approximate surface area is 105 Å². The molecule has 82 valence electrons. The standard InChI is InChI=1S/C14H14BrN/c15-9-11-5-7-12(8-6-11)14-4-2-1-3-13(14)10-16/h5-8H,1-4,9H2. The maximum absolute atomic E-state index is 9.11. The summed E-state index contributed by atoms with van der Waals surface area (Å²) in [5.74, 6) is 0. The largest absolute Gasteiger partial charge is 0.193 e. The molecule has 1 aliphatic rings. The van der Waals surface area contributed by atoms with E-state index < -0.39 is 0 Å². The minimum Gasteiger partial charge on any atom is -0.193 e. The molecule has 2 rings (SSSR count). The maximum atomic E-state index is 9.11. The van der Waals surface area contributed by atoms with Crippen LogP contribution in [0.4, 0.5) is 0 Å². The Morgan fingerprint density at radius 2 is 1.81 bits per heavy atom. The Morgan fingerprint density at radius 1 is 1.12 bits per heavy atom. The van der Waals surface area contributed by atoms with Crippen LogP contribution in [0, 0.1) is 11.3 Å². The molecule has 0 unspecified atom stereocenters. The third-order valence-corrected chi connectivity index (χ3v) is 3.71. The van der Waals surface area contributed by atoms with Gasteiger partial charge in [-0.1, -0.05) is 40.2 Å². The lowest BCUT2D eigenvalue weighted by molar-refractivity contribution is 0.726. The number of hydrogen-bond acceptors (Lipinski definition) is 1. The fraction of sp³-hybridized carbons (Fsp3) is 0.357. The molecule has 0 bridgehead atoms. The zero-order valence-electron chi connectivity index (χ0n) is 9.17. The average molecular weight is 276 g/mol. The predicted molar refractivity (Wildman–Crippen MR) is 70.1 cm³/mol. The summed E-state index contributed by atoms with van der Waals surface area (Å²) >= 11 is 3.44. The number of nitrogens with zero attached hydrogens (tertiary/aromatic N) is 1. The summed E-state index contributed by atoms with van der Waals surface area (Å²) in [5.41, 5.74) is 4.74. The molecule has 2 heteroatoms. The molecule has 0 radical (unpaired) electrons. The van der Waals surface area contributed by atoms with Gasteiger partial charge in [0.05, 0.1) is 6.07 Å². The van der Waals surface area contributed by atoms with Gasteiger partial charge in [0.2, 0.25) is 0 Å². The highest BCUT2D eigenvalue weighted by Gasteiger charge is 2.13. The van der Waals surface area contributed by atoms with Gasteiger partial charge in [0, 0.05) is 10.9 Å². The lowest BCUT2D eigenvalue weighted by atomic mass is 9.88. The average Bonchev–Trinajstić information content (AvgIpc) is 2.39. The summed E-state index contributed by atoms with van der Waals surface area (Å²) in [6.07, 6.45) is 4.37. The summed E-state index contributed by atoms with van der Waals surface area (Å²) in [6.45, 7) is 0. The molecular weight excluding hydrogens is 262 g/mol. The van der Waals surface area contributed by atoms with Crippen LogP contribution in [0.15, 0.2) is 29.8 Å². The number of alkyl halides is 1. The van der Waals surface area contributed by atoms with Gasteiger partial charge in [-0.25, -0.2) is 0 Å². The molecular formula is C14H14BrN. The Morgan fingerprint density at radius 3 is 2.44 bits per heavy atom. The van der Waals surface area contributed by atoms with E-state index in [2.05, 4.69) is 46.3 Å². The van der Waals surface area contributed by atoms with Crippen molar-refractivity contribution in [1.29, 1.82) is 5.26 Å². The number of allylic oxidation sites excluding steroid dienone is 2. The predicted octanol–water partition coefficient (Wildman–Crippen LogP) is 4.43. The van der Waals surface area contributed by atoms with Crippen LogP contribution in [0.3, 0.4) is 0 Å². The van der Waals surface area contributed by atoms with Crippen LogP contribution in [0.2, 0.25) is 0 Å². The third-order valence-electron chi connectivity index (χ3n) is 3.06. The second-order valence-corrected chi connectivity index (χ2v) is 4.67. The van der Waals surface area contributed by atoms with Crippen molar-refractivity contribution >= 4 is 21.5 Å². The van der Waals surface area contributed by atoms with Crippen LogP contribution in [0.5, 0.6) is 0 Å². The summed E-state index contributed by atoms with van der Waals surface area (Å²) in [5, 5.41) is 9.99. The Hall–Kier alpha value is -1.07. The smallest absolute Gasteiger partial charge is 0.0950 e. The molecule has 0 atom stereocenters. The number of hydrogen-bond donors (Lipinski definition) is 0. The first kappa shape index (κ1) is 11.4. The zero-order chi connectivity index (χ0) is 11.4. The SMILES string of the molecule is N#CC1=C(c2ccc(CBr)cc2)CCCC1. The fourth-order valence-electron chi connectivity index (χ4n) is 2.14. The van der Waals surface area contributed by atoms with Gasteiger partial charge in [0.1, 0.15) is 0 Å². The van der Waals surface area contributed by atoms with Crippen LogP contribution in [0.1, 0.15) is 36.8 Å². The lowest BCUT2D eigenvalue weighted by Gasteiger charge is -2.16. The molecule has 0 N–H and O–H groups in total. The first-order valence-electron chi connectivity index (χ1n) is 5.62. The highest BCUT2D eigenvalue weighted by atomic mass is 79.9. The molecule has 0 amide bonds. The van der Waals surface area contributed by atoms with Crippen molar-refractivity contribution < 1.29 is 0 Å². The first-order chi connectivity index (χ1) is 7.85. The lowest BCUT2D eigenvalue weighted by Crippen LogP contribution is -1.98. The summed E-state index contributed by atoms with van der Waals surface area (Å²) in [4.78, 5) is 0. The molecule has 0 heterocycles. The van der Waals surface area contributed by atoms with Crippen molar-refractivity contribution in [3.8, 4) is 6.07 Å². The van der Waals surface area contributed by atoms with Gasteiger partial charge in [-0.3, -0.25) is 0 Å². The number of nitriles is 1. The van der Waals surface area contributed by atoms with Gasteiger partial charge in [-0.15, -0.1) is 0 Å². The van der Waals surface area contributed by atoms with E-state index in [0.29, 0.717) is 0 Å². The quantitative estimate of drug-likeness (QED) is 0.733. The van der Waals surface area contributed by atoms with Gasteiger partial charge in [-0.2, -0.15) is 5.26 Å². The molecule has 1 aromatic rings. The van der Waals surface area contributed by atoms with Crippen molar-refractivity contribution in [3.63, 3.8) is 0 Å². The van der Waals surface area contributed by atoms with Gasteiger partial charge >= 0.3 is 0 Å². The van der Waals surface area contributed by atoms with Gasteiger partial charge in [0.25, 0.3) is 0 Å². The zero-order valence-corrected chi connectivity index (χ0v) is 10.8. The molecule has 0 fully saturated rings. The first-order valence-corrected chi connectivity index (χ1v) is 6.74. The van der Waals surface area contributed by atoms with E-state index in [0.717, 1.165) is 30.2 Å². The highest BCUT2D eigenvalue weighted by molar-refractivity contribution is 9.08. The fourth-order valence-corrected chi connectivity index (χ4v) is 2.52. The number of benzene rings is 1. The summed E-state index contributed by atoms with van der Waals surface area (Å²) in [6, 6.07) is 10.9. The van der Waals surface area contributed by atoms with Crippen LogP contribution >= 0.6 is 15.9 Å². The van der Waals surface area contributed by atoms with E-state index in [4.69, 9.17) is 5.26 Å². The monoisotopic (exact) mass is 275 g/mol. The molecule has 0 aromatic heterocycles. The molecule has 1 nitrogen and oxygen atoms in total. The molecule has 1 aromatic carbocycles. The number of halogens is 1. The van der Waals surface area contributed by atoms with Crippen molar-refractivity contribution in [3.05, 3.63) is 41.0 Å². The van der Waals surface area contributed by atoms with E-state index in [1.54, 1.807) is 0 Å². The van der Waals surface area contributed by atoms with Crippen molar-refractivity contribution in [2.24, 2.45) is 0 Å². The third kappa shape index (κ3) is 2.36. The Bertz CT molecular complexity index is 437. The summed E-state index contributed by atoms with van der Waals surface area (Å²) in [7, 11) is 0. The second kappa shape index (κ2) is 5.32. The van der Waals surface area contributed by atoms with Crippen molar-refractivity contribution in [1.82, 2.24) is 0 Å². The van der Waals surface area contributed by atoms with Gasteiger partial charge in [0.15, 0.2) is 0 Å². The Balaban J connectivity index is 2.35. The van der Waals surface area contributed by atoms with Crippen LogP contribution in [-0.4, -0.2) is 0 Å². The Kier molecular flexibility index (Phi) is 3.79. The molecule has 0 saturated heterocycles. The van der Waals surface area contributed by atoms with Crippen LogP contribution in [0.25, 0.3) is 5.57 Å². The van der Waals surface area contributed by atoms with E-state index in [1.807, 2.05) is 0 Å². The minimum atomic E-state index is 0.886. The molecule has 1 aliphatic carbocycles. The van der Waals surface area contributed by atoms with E-state index in [1.165, 1.54) is 23.1 Å².